The molecule has 0 unspecified atom stereocenters. The molecule has 0 spiro atoms. The lowest BCUT2D eigenvalue weighted by molar-refractivity contribution is -0.149. The van der Waals surface area contributed by atoms with E-state index in [1.807, 2.05) is 10.6 Å². The fraction of sp³-hybridized carbons (Fsp3) is 0.118. The summed E-state index contributed by atoms with van der Waals surface area (Å²) in [5.41, 5.74) is -1.84. The number of rotatable bonds is 4. The zero-order valence-electron chi connectivity index (χ0n) is 13.0. The van der Waals surface area contributed by atoms with Crippen molar-refractivity contribution in [3.8, 4) is 17.2 Å². The maximum absolute atomic E-state index is 11.9. The van der Waals surface area contributed by atoms with Gasteiger partial charge in [0.1, 0.15) is 17.2 Å². The van der Waals surface area contributed by atoms with E-state index < -0.39 is 23.4 Å². The largest absolute Gasteiger partial charge is 0.468 e. The highest BCUT2D eigenvalue weighted by atomic mass is 35.5. The summed E-state index contributed by atoms with van der Waals surface area (Å²) in [6.07, 6.45) is 0. The molecule has 8 heteroatoms. The van der Waals surface area contributed by atoms with Crippen LogP contribution in [0.15, 0.2) is 48.5 Å². The molecule has 1 fully saturated rings. The lowest BCUT2D eigenvalue weighted by Crippen LogP contribution is -2.67. The molecular formula is C17H13ClN2O5. The summed E-state index contributed by atoms with van der Waals surface area (Å²) in [6.45, 7) is 1.28. The minimum Gasteiger partial charge on any atom is -0.468 e. The van der Waals surface area contributed by atoms with Gasteiger partial charge >= 0.3 is 6.03 Å². The summed E-state index contributed by atoms with van der Waals surface area (Å²) in [5.74, 6) is -0.313. The number of hydrogen-bond donors (Lipinski definition) is 2. The SMILES string of the molecule is CC1(Oc2ccc(Oc3cccc(Cl)c3)cc2)C(=O)NC(=O)NC1=O. The van der Waals surface area contributed by atoms with Gasteiger partial charge in [-0.3, -0.25) is 20.2 Å². The number of nitrogens with one attached hydrogen (secondary N) is 2. The number of barbiturate groups is 1. The molecule has 0 radical (unpaired) electrons. The van der Waals surface area contributed by atoms with Crippen molar-refractivity contribution in [2.45, 2.75) is 12.5 Å². The average Bonchev–Trinajstić information content (AvgIpc) is 2.55. The van der Waals surface area contributed by atoms with Gasteiger partial charge in [-0.25, -0.2) is 4.79 Å². The Morgan fingerprint density at radius 1 is 0.880 bits per heavy atom. The summed E-state index contributed by atoms with van der Waals surface area (Å²) in [4.78, 5) is 35.0. The molecule has 0 bridgehead atoms. The van der Waals surface area contributed by atoms with Crippen LogP contribution >= 0.6 is 11.6 Å². The minimum atomic E-state index is -1.84. The third kappa shape index (κ3) is 3.56. The van der Waals surface area contributed by atoms with Crippen molar-refractivity contribution >= 4 is 29.4 Å². The van der Waals surface area contributed by atoms with Crippen molar-refractivity contribution in [1.82, 2.24) is 10.6 Å². The van der Waals surface area contributed by atoms with Crippen LogP contribution in [0.25, 0.3) is 0 Å². The van der Waals surface area contributed by atoms with E-state index in [0.29, 0.717) is 16.5 Å². The predicted molar refractivity (Wildman–Crippen MR) is 88.7 cm³/mol. The number of carbonyl (C=O) groups excluding carboxylic acids is 3. The van der Waals surface area contributed by atoms with Gasteiger partial charge in [-0.1, -0.05) is 17.7 Å². The van der Waals surface area contributed by atoms with Crippen molar-refractivity contribution < 1.29 is 23.9 Å². The molecule has 1 aliphatic heterocycles. The van der Waals surface area contributed by atoms with E-state index >= 15 is 0 Å². The number of carbonyl (C=O) groups is 3. The van der Waals surface area contributed by atoms with Crippen LogP contribution in [0.3, 0.4) is 0 Å². The van der Waals surface area contributed by atoms with Gasteiger partial charge < -0.3 is 9.47 Å². The van der Waals surface area contributed by atoms with Crippen molar-refractivity contribution in [1.29, 1.82) is 0 Å². The Balaban J connectivity index is 1.73. The third-order valence-electron chi connectivity index (χ3n) is 3.50. The standard InChI is InChI=1S/C17H13ClN2O5/c1-17(14(21)19-16(23)20-15(17)22)25-12-7-5-11(6-8-12)24-13-4-2-3-10(18)9-13/h2-9H,1H3,(H2,19,20,21,22,23). The third-order valence-corrected chi connectivity index (χ3v) is 3.73. The molecule has 3 rings (SSSR count). The summed E-state index contributed by atoms with van der Waals surface area (Å²) >= 11 is 5.90. The number of imide groups is 2. The van der Waals surface area contributed by atoms with Crippen molar-refractivity contribution in [2.75, 3.05) is 0 Å². The summed E-state index contributed by atoms with van der Waals surface area (Å²) in [6, 6.07) is 12.4. The quantitative estimate of drug-likeness (QED) is 0.817. The molecule has 0 atom stereocenters. The highest BCUT2D eigenvalue weighted by Gasteiger charge is 2.48. The molecule has 4 amide bonds. The number of hydrogen-bond acceptors (Lipinski definition) is 5. The molecule has 1 aliphatic rings. The van der Waals surface area contributed by atoms with Gasteiger partial charge in [0.25, 0.3) is 17.4 Å². The number of urea groups is 1. The Kier molecular flexibility index (Phi) is 4.33. The first-order valence-corrected chi connectivity index (χ1v) is 7.64. The number of halogens is 1. The monoisotopic (exact) mass is 360 g/mol. The van der Waals surface area contributed by atoms with Gasteiger partial charge in [0, 0.05) is 5.02 Å². The predicted octanol–water partition coefficient (Wildman–Crippen LogP) is 2.64. The molecule has 2 aromatic rings. The normalized spacial score (nSPS) is 16.0. The van der Waals surface area contributed by atoms with Crippen molar-refractivity contribution in [3.63, 3.8) is 0 Å². The van der Waals surface area contributed by atoms with E-state index in [1.165, 1.54) is 6.92 Å². The van der Waals surface area contributed by atoms with Gasteiger partial charge in [-0.2, -0.15) is 0 Å². The van der Waals surface area contributed by atoms with Crippen molar-refractivity contribution in [3.05, 3.63) is 53.6 Å². The maximum atomic E-state index is 11.9. The summed E-state index contributed by atoms with van der Waals surface area (Å²) < 4.78 is 11.1. The maximum Gasteiger partial charge on any atom is 0.328 e. The van der Waals surface area contributed by atoms with E-state index in [4.69, 9.17) is 21.1 Å². The van der Waals surface area contributed by atoms with Crippen LogP contribution in [-0.2, 0) is 9.59 Å². The van der Waals surface area contributed by atoms with Crippen LogP contribution in [0, 0.1) is 0 Å². The second kappa shape index (κ2) is 6.45. The molecular weight excluding hydrogens is 348 g/mol. The molecule has 7 nitrogen and oxygen atoms in total. The van der Waals surface area contributed by atoms with Crippen LogP contribution in [0.2, 0.25) is 5.02 Å². The zero-order chi connectivity index (χ0) is 18.0. The summed E-state index contributed by atoms with van der Waals surface area (Å²) in [5, 5.41) is 4.55. The molecule has 2 aromatic carbocycles. The van der Waals surface area contributed by atoms with E-state index in [1.54, 1.807) is 48.5 Å². The molecule has 1 saturated heterocycles. The number of amides is 4. The highest BCUT2D eigenvalue weighted by molar-refractivity contribution is 6.30. The van der Waals surface area contributed by atoms with E-state index in [9.17, 15) is 14.4 Å². The Morgan fingerprint density at radius 3 is 2.08 bits per heavy atom. The highest BCUT2D eigenvalue weighted by Crippen LogP contribution is 2.27. The fourth-order valence-corrected chi connectivity index (χ4v) is 2.33. The van der Waals surface area contributed by atoms with Crippen molar-refractivity contribution in [2.24, 2.45) is 0 Å². The Morgan fingerprint density at radius 2 is 1.48 bits per heavy atom. The van der Waals surface area contributed by atoms with Gasteiger partial charge in [-0.05, 0) is 49.4 Å². The topological polar surface area (TPSA) is 93.7 Å². The number of ether oxygens (including phenoxy) is 2. The Bertz CT molecular complexity index is 830. The average molecular weight is 361 g/mol. The van der Waals surface area contributed by atoms with Crippen LogP contribution in [0.4, 0.5) is 4.79 Å². The Hall–Kier alpha value is -3.06. The zero-order valence-corrected chi connectivity index (χ0v) is 13.8. The van der Waals surface area contributed by atoms with Gasteiger partial charge in [0.05, 0.1) is 0 Å². The van der Waals surface area contributed by atoms with Crippen LogP contribution in [-0.4, -0.2) is 23.4 Å². The van der Waals surface area contributed by atoms with E-state index in [0.717, 1.165) is 0 Å². The number of benzene rings is 2. The second-order valence-corrected chi connectivity index (χ2v) is 5.84. The molecule has 0 aromatic heterocycles. The minimum absolute atomic E-state index is 0.264. The van der Waals surface area contributed by atoms with Crippen LogP contribution < -0.4 is 20.1 Å². The molecule has 0 aliphatic carbocycles. The first-order valence-electron chi connectivity index (χ1n) is 7.26. The van der Waals surface area contributed by atoms with E-state index in [-0.39, 0.29) is 5.75 Å². The molecule has 25 heavy (non-hydrogen) atoms. The lowest BCUT2D eigenvalue weighted by atomic mass is 10.0. The van der Waals surface area contributed by atoms with Gasteiger partial charge in [0.2, 0.25) is 0 Å². The molecule has 0 saturated carbocycles. The first kappa shape index (κ1) is 16.8. The fourth-order valence-electron chi connectivity index (χ4n) is 2.15. The smallest absolute Gasteiger partial charge is 0.328 e. The molecule has 128 valence electrons. The second-order valence-electron chi connectivity index (χ2n) is 5.40. The molecule has 2 N–H and O–H groups in total. The lowest BCUT2D eigenvalue weighted by Gasteiger charge is -2.30. The Labute approximate surface area is 147 Å². The van der Waals surface area contributed by atoms with Gasteiger partial charge in [0.15, 0.2) is 0 Å². The molecule has 1 heterocycles. The first-order chi connectivity index (χ1) is 11.9. The van der Waals surface area contributed by atoms with Crippen LogP contribution in [0.1, 0.15) is 6.92 Å². The van der Waals surface area contributed by atoms with E-state index in [2.05, 4.69) is 0 Å². The summed E-state index contributed by atoms with van der Waals surface area (Å²) in [7, 11) is 0. The van der Waals surface area contributed by atoms with Crippen LogP contribution in [0.5, 0.6) is 17.2 Å². The van der Waals surface area contributed by atoms with Gasteiger partial charge in [-0.15, -0.1) is 0 Å².